The molecule has 9 heteroatoms. The summed E-state index contributed by atoms with van der Waals surface area (Å²) in [5.41, 5.74) is 0.296. The van der Waals surface area contributed by atoms with Gasteiger partial charge >= 0.3 is 6.18 Å². The molecule has 0 fully saturated rings. The number of hydrogen-bond acceptors (Lipinski definition) is 5. The average molecular weight is 276 g/mol. The van der Waals surface area contributed by atoms with Crippen molar-refractivity contribution >= 4 is 23.1 Å². The topological polar surface area (TPSA) is 49.2 Å². The van der Waals surface area contributed by atoms with Crippen molar-refractivity contribution in [1.29, 1.82) is 0 Å². The fraction of sp³-hybridized carbons (Fsp3) is 0.714. The number of alkyl halides is 3. The van der Waals surface area contributed by atoms with Crippen LogP contribution >= 0.6 is 23.1 Å². The summed E-state index contributed by atoms with van der Waals surface area (Å²) in [7, 11) is 0. The van der Waals surface area contributed by atoms with Crippen LogP contribution in [0.25, 0.3) is 0 Å². The van der Waals surface area contributed by atoms with E-state index in [9.17, 15) is 13.2 Å². The third kappa shape index (κ3) is 4.60. The Kier molecular flexibility index (Phi) is 4.90. The molecule has 0 spiro atoms. The number of rotatable bonds is 5. The Hall–Kier alpha value is -0.440. The highest BCUT2D eigenvalue weighted by Crippen LogP contribution is 2.21. The van der Waals surface area contributed by atoms with E-state index >= 15 is 0 Å². The van der Waals surface area contributed by atoms with Gasteiger partial charge in [-0.15, -0.1) is 5.10 Å². The molecule has 0 aliphatic carbocycles. The van der Waals surface area contributed by atoms with Crippen LogP contribution in [-0.2, 0) is 6.54 Å². The Morgan fingerprint density at radius 3 is 2.56 bits per heavy atom. The molecule has 0 radical (unpaired) electrons. The molecule has 1 aromatic rings. The predicted molar refractivity (Wildman–Crippen MR) is 53.3 cm³/mol. The molecule has 0 atom stereocenters. The van der Waals surface area contributed by atoms with E-state index < -0.39 is 12.7 Å². The van der Waals surface area contributed by atoms with Crippen LogP contribution in [0, 0.1) is 0 Å². The average Bonchev–Trinajstić information content (AvgIpc) is 2.49. The monoisotopic (exact) mass is 275 g/mol. The second-order valence-electron chi connectivity index (χ2n) is 3.04. The summed E-state index contributed by atoms with van der Waals surface area (Å²) in [6.07, 6.45) is -4.31. The maximum absolute atomic E-state index is 12.2. The van der Waals surface area contributed by atoms with E-state index in [0.29, 0.717) is 5.69 Å². The zero-order valence-corrected chi connectivity index (χ0v) is 9.61. The van der Waals surface area contributed by atoms with Gasteiger partial charge in [-0.1, -0.05) is 16.1 Å². The van der Waals surface area contributed by atoms with Gasteiger partial charge < -0.3 is 5.11 Å². The number of hydrogen-bond donors (Lipinski definition) is 1. The summed E-state index contributed by atoms with van der Waals surface area (Å²) >= 11 is 6.59. The maximum atomic E-state index is 12.2. The fourth-order valence-electron chi connectivity index (χ4n) is 1.11. The van der Waals surface area contributed by atoms with Crippen LogP contribution < -0.4 is 0 Å². The minimum absolute atomic E-state index is 0.0740. The third-order valence-corrected chi connectivity index (χ3v) is 2.69. The minimum atomic E-state index is -4.31. The lowest BCUT2D eigenvalue weighted by atomic mass is 10.4. The van der Waals surface area contributed by atoms with Crippen molar-refractivity contribution in [1.82, 2.24) is 14.5 Å². The van der Waals surface area contributed by atoms with Gasteiger partial charge in [-0.25, -0.2) is 0 Å². The zero-order valence-electron chi connectivity index (χ0n) is 8.04. The molecule has 1 aromatic heterocycles. The lowest BCUT2D eigenvalue weighted by molar-refractivity contribution is -0.148. The Balaban J connectivity index is 2.61. The summed E-state index contributed by atoms with van der Waals surface area (Å²) in [4.78, 5) is 1.02. The smallest absolute Gasteiger partial charge is 0.395 e. The van der Waals surface area contributed by atoms with Gasteiger partial charge in [-0.2, -0.15) is 13.2 Å². The highest BCUT2D eigenvalue weighted by Gasteiger charge is 2.31. The van der Waals surface area contributed by atoms with Crippen molar-refractivity contribution < 1.29 is 18.3 Å². The van der Waals surface area contributed by atoms with Gasteiger partial charge in [0, 0.05) is 24.6 Å². The molecule has 0 amide bonds. The molecule has 92 valence electrons. The molecule has 4 nitrogen and oxygen atoms in total. The Morgan fingerprint density at radius 2 is 2.12 bits per heavy atom. The SMILES string of the molecule is OCCN(Cc1nnsc1Cl)CC(F)(F)F. The summed E-state index contributed by atoms with van der Waals surface area (Å²) in [6.45, 7) is -1.63. The number of aliphatic hydroxyl groups is 1. The summed E-state index contributed by atoms with van der Waals surface area (Å²) in [6, 6.07) is 0. The molecule has 1 N–H and O–H groups in total. The van der Waals surface area contributed by atoms with Crippen molar-refractivity contribution in [2.24, 2.45) is 0 Å². The number of aliphatic hydroxyl groups excluding tert-OH is 1. The first-order valence-electron chi connectivity index (χ1n) is 4.29. The molecular formula is C7H9ClF3N3OS. The van der Waals surface area contributed by atoms with Gasteiger partial charge in [-0.3, -0.25) is 4.90 Å². The zero-order chi connectivity index (χ0) is 12.2. The highest BCUT2D eigenvalue weighted by molar-refractivity contribution is 7.10. The van der Waals surface area contributed by atoms with E-state index in [2.05, 4.69) is 9.59 Å². The second kappa shape index (κ2) is 5.76. The molecule has 0 aliphatic rings. The maximum Gasteiger partial charge on any atom is 0.401 e. The molecule has 0 saturated heterocycles. The van der Waals surface area contributed by atoms with E-state index in [0.717, 1.165) is 16.4 Å². The van der Waals surface area contributed by atoms with Gasteiger partial charge in [0.15, 0.2) is 0 Å². The van der Waals surface area contributed by atoms with Crippen molar-refractivity contribution in [2.75, 3.05) is 19.7 Å². The quantitative estimate of drug-likeness (QED) is 0.886. The number of nitrogens with zero attached hydrogens (tertiary/aromatic N) is 3. The first-order chi connectivity index (χ1) is 7.42. The van der Waals surface area contributed by atoms with E-state index in [4.69, 9.17) is 16.7 Å². The van der Waals surface area contributed by atoms with Gasteiger partial charge in [0.25, 0.3) is 0 Å². The van der Waals surface area contributed by atoms with E-state index in [1.807, 2.05) is 0 Å². The lowest BCUT2D eigenvalue weighted by Gasteiger charge is -2.21. The van der Waals surface area contributed by atoms with Gasteiger partial charge in [0.1, 0.15) is 10.0 Å². The van der Waals surface area contributed by atoms with Crippen LogP contribution in [0.3, 0.4) is 0 Å². The molecule has 0 aromatic carbocycles. The molecule has 16 heavy (non-hydrogen) atoms. The third-order valence-electron chi connectivity index (χ3n) is 1.70. The fourth-order valence-corrected chi connectivity index (χ4v) is 1.72. The van der Waals surface area contributed by atoms with Crippen LogP contribution in [-0.4, -0.2) is 45.5 Å². The van der Waals surface area contributed by atoms with Crippen molar-refractivity contribution in [2.45, 2.75) is 12.7 Å². The van der Waals surface area contributed by atoms with Crippen molar-refractivity contribution in [3.8, 4) is 0 Å². The molecule has 0 aliphatic heterocycles. The second-order valence-corrected chi connectivity index (χ2v) is 4.40. The Morgan fingerprint density at radius 1 is 1.44 bits per heavy atom. The number of halogens is 4. The first kappa shape index (κ1) is 13.6. The minimum Gasteiger partial charge on any atom is -0.395 e. The van der Waals surface area contributed by atoms with Crippen LogP contribution in [0.2, 0.25) is 4.34 Å². The normalized spacial score (nSPS) is 12.4. The Bertz CT molecular complexity index is 333. The standard InChI is InChI=1S/C7H9ClF3N3OS/c8-6-5(12-13-16-6)3-14(1-2-15)4-7(9,10)11/h15H,1-4H2. The van der Waals surface area contributed by atoms with Gasteiger partial charge in [0.2, 0.25) is 0 Å². The van der Waals surface area contributed by atoms with Gasteiger partial charge in [-0.05, 0) is 0 Å². The number of aromatic nitrogens is 2. The summed E-state index contributed by atoms with van der Waals surface area (Å²) in [5, 5.41) is 12.3. The predicted octanol–water partition coefficient (Wildman–Crippen LogP) is 1.55. The van der Waals surface area contributed by atoms with Crippen LogP contribution in [0.15, 0.2) is 0 Å². The molecule has 0 bridgehead atoms. The summed E-state index contributed by atoms with van der Waals surface area (Å²) < 4.78 is 40.3. The molecular weight excluding hydrogens is 267 g/mol. The largest absolute Gasteiger partial charge is 0.401 e. The first-order valence-corrected chi connectivity index (χ1v) is 5.44. The summed E-state index contributed by atoms with van der Waals surface area (Å²) in [5.74, 6) is 0. The molecule has 1 heterocycles. The Labute approximate surface area is 98.8 Å². The molecule has 0 saturated carbocycles. The van der Waals surface area contributed by atoms with Crippen LogP contribution in [0.4, 0.5) is 13.2 Å². The van der Waals surface area contributed by atoms with Crippen molar-refractivity contribution in [3.05, 3.63) is 10.0 Å². The van der Waals surface area contributed by atoms with Crippen molar-refractivity contribution in [3.63, 3.8) is 0 Å². The van der Waals surface area contributed by atoms with E-state index in [-0.39, 0.29) is 24.0 Å². The van der Waals surface area contributed by atoms with E-state index in [1.165, 1.54) is 0 Å². The van der Waals surface area contributed by atoms with Gasteiger partial charge in [0.05, 0.1) is 13.2 Å². The van der Waals surface area contributed by atoms with Crippen LogP contribution in [0.5, 0.6) is 0 Å². The molecule has 1 rings (SSSR count). The highest BCUT2D eigenvalue weighted by atomic mass is 35.5. The van der Waals surface area contributed by atoms with E-state index in [1.54, 1.807) is 0 Å². The lowest BCUT2D eigenvalue weighted by Crippen LogP contribution is -2.35. The molecule has 0 unspecified atom stereocenters. The van der Waals surface area contributed by atoms with Crippen LogP contribution in [0.1, 0.15) is 5.69 Å².